The Morgan fingerprint density at radius 2 is 1.93 bits per heavy atom. The molecule has 1 aliphatic heterocycles. The topological polar surface area (TPSA) is 90.4 Å². The summed E-state index contributed by atoms with van der Waals surface area (Å²) in [6, 6.07) is 13.4. The number of nitrogens with zero attached hydrogens (tertiary/aromatic N) is 3. The molecule has 0 saturated carbocycles. The molecule has 0 amide bonds. The maximum absolute atomic E-state index is 5.59. The molecule has 0 atom stereocenters. The van der Waals surface area contributed by atoms with Crippen LogP contribution in [0.5, 0.6) is 17.2 Å². The Bertz CT molecular complexity index is 935. The lowest BCUT2D eigenvalue weighted by atomic mass is 10.2. The molecule has 0 spiro atoms. The van der Waals surface area contributed by atoms with Gasteiger partial charge in [-0.1, -0.05) is 18.2 Å². The second-order valence-corrected chi connectivity index (χ2v) is 5.81. The van der Waals surface area contributed by atoms with Gasteiger partial charge in [-0.15, -0.1) is 5.10 Å². The first kappa shape index (κ1) is 16.9. The molecule has 4 rings (SSSR count). The minimum Gasteiger partial charge on any atom is -0.496 e. The summed E-state index contributed by atoms with van der Waals surface area (Å²) in [5, 5.41) is 14.4. The summed E-state index contributed by atoms with van der Waals surface area (Å²) < 4.78 is 16.5. The van der Waals surface area contributed by atoms with E-state index in [4.69, 9.17) is 14.2 Å². The van der Waals surface area contributed by atoms with Crippen LogP contribution < -0.4 is 24.8 Å². The van der Waals surface area contributed by atoms with E-state index in [2.05, 4.69) is 25.8 Å². The lowest BCUT2D eigenvalue weighted by molar-refractivity contribution is 0.171. The van der Waals surface area contributed by atoms with E-state index in [1.807, 2.05) is 42.5 Å². The van der Waals surface area contributed by atoms with Gasteiger partial charge in [0.2, 0.25) is 5.95 Å². The van der Waals surface area contributed by atoms with Crippen molar-refractivity contribution in [1.82, 2.24) is 15.2 Å². The van der Waals surface area contributed by atoms with Crippen molar-refractivity contribution < 1.29 is 14.2 Å². The Labute approximate surface area is 156 Å². The van der Waals surface area contributed by atoms with Crippen molar-refractivity contribution in [1.29, 1.82) is 0 Å². The van der Waals surface area contributed by atoms with E-state index in [9.17, 15) is 0 Å². The zero-order valence-electron chi connectivity index (χ0n) is 14.8. The third-order valence-electron chi connectivity index (χ3n) is 4.01. The monoisotopic (exact) mass is 365 g/mol. The van der Waals surface area contributed by atoms with Crippen LogP contribution in [0, 0.1) is 0 Å². The van der Waals surface area contributed by atoms with Gasteiger partial charge in [0.05, 0.1) is 13.3 Å². The fourth-order valence-electron chi connectivity index (χ4n) is 2.73. The Kier molecular flexibility index (Phi) is 4.86. The highest BCUT2D eigenvalue weighted by molar-refractivity contribution is 5.60. The average Bonchev–Trinajstić information content (AvgIpc) is 2.72. The first-order chi connectivity index (χ1) is 13.3. The molecular formula is C19H19N5O3. The molecule has 8 heteroatoms. The molecule has 8 nitrogen and oxygen atoms in total. The number of benzene rings is 2. The maximum atomic E-state index is 5.59. The van der Waals surface area contributed by atoms with Crippen molar-refractivity contribution in [3.8, 4) is 17.2 Å². The molecular weight excluding hydrogens is 346 g/mol. The fraction of sp³-hybridized carbons (Fsp3) is 0.211. The second-order valence-electron chi connectivity index (χ2n) is 5.81. The van der Waals surface area contributed by atoms with E-state index in [1.54, 1.807) is 13.3 Å². The molecule has 138 valence electrons. The van der Waals surface area contributed by atoms with Crippen LogP contribution in [-0.2, 0) is 6.54 Å². The number of fused-ring (bicyclic) bond motifs is 1. The van der Waals surface area contributed by atoms with Crippen LogP contribution >= 0.6 is 0 Å². The predicted molar refractivity (Wildman–Crippen MR) is 101 cm³/mol. The van der Waals surface area contributed by atoms with Crippen LogP contribution in [0.15, 0.2) is 48.7 Å². The Hall–Kier alpha value is -3.55. The van der Waals surface area contributed by atoms with Crippen molar-refractivity contribution in [2.24, 2.45) is 0 Å². The largest absolute Gasteiger partial charge is 0.496 e. The first-order valence-corrected chi connectivity index (χ1v) is 8.54. The van der Waals surface area contributed by atoms with Gasteiger partial charge in [-0.25, -0.2) is 0 Å². The highest BCUT2D eigenvalue weighted by Gasteiger charge is 2.12. The van der Waals surface area contributed by atoms with Gasteiger partial charge in [0, 0.05) is 23.9 Å². The molecule has 2 N–H and O–H groups in total. The van der Waals surface area contributed by atoms with Gasteiger partial charge in [-0.05, 0) is 18.2 Å². The number of nitrogens with one attached hydrogen (secondary N) is 2. The molecule has 2 heterocycles. The lowest BCUT2D eigenvalue weighted by Gasteiger charge is -2.19. The van der Waals surface area contributed by atoms with Gasteiger partial charge in [0.15, 0.2) is 17.3 Å². The van der Waals surface area contributed by atoms with E-state index in [0.29, 0.717) is 37.3 Å². The van der Waals surface area contributed by atoms with Crippen LogP contribution in [-0.4, -0.2) is 35.5 Å². The highest BCUT2D eigenvalue weighted by atomic mass is 16.6. The van der Waals surface area contributed by atoms with Crippen molar-refractivity contribution in [3.05, 3.63) is 54.2 Å². The third-order valence-corrected chi connectivity index (χ3v) is 4.01. The Morgan fingerprint density at radius 1 is 1.07 bits per heavy atom. The minimum absolute atomic E-state index is 0.386. The molecule has 3 aromatic rings. The van der Waals surface area contributed by atoms with Crippen LogP contribution in [0.2, 0.25) is 0 Å². The summed E-state index contributed by atoms with van der Waals surface area (Å²) in [5.41, 5.74) is 1.82. The third kappa shape index (κ3) is 4.00. The Balaban J connectivity index is 1.45. The van der Waals surface area contributed by atoms with Crippen molar-refractivity contribution in [2.75, 3.05) is 31.0 Å². The average molecular weight is 365 g/mol. The van der Waals surface area contributed by atoms with E-state index < -0.39 is 0 Å². The van der Waals surface area contributed by atoms with Crippen LogP contribution in [0.4, 0.5) is 17.5 Å². The molecule has 0 aliphatic carbocycles. The number of para-hydroxylation sites is 1. The molecule has 0 fully saturated rings. The number of rotatable bonds is 6. The van der Waals surface area contributed by atoms with Gasteiger partial charge < -0.3 is 24.8 Å². The highest BCUT2D eigenvalue weighted by Crippen LogP contribution is 2.33. The number of methoxy groups -OCH3 is 1. The van der Waals surface area contributed by atoms with Gasteiger partial charge in [-0.3, -0.25) is 0 Å². The smallest absolute Gasteiger partial charge is 0.249 e. The summed E-state index contributed by atoms with van der Waals surface area (Å²) in [7, 11) is 1.65. The molecule has 1 aliphatic rings. The number of hydrogen-bond acceptors (Lipinski definition) is 8. The van der Waals surface area contributed by atoms with E-state index >= 15 is 0 Å². The van der Waals surface area contributed by atoms with E-state index in [1.165, 1.54) is 0 Å². The zero-order valence-corrected chi connectivity index (χ0v) is 14.8. The van der Waals surface area contributed by atoms with E-state index in [0.717, 1.165) is 22.7 Å². The summed E-state index contributed by atoms with van der Waals surface area (Å²) in [4.78, 5) is 4.44. The van der Waals surface area contributed by atoms with E-state index in [-0.39, 0.29) is 0 Å². The zero-order chi connectivity index (χ0) is 18.5. The second kappa shape index (κ2) is 7.77. The molecule has 0 unspecified atom stereocenters. The number of hydrogen-bond donors (Lipinski definition) is 2. The summed E-state index contributed by atoms with van der Waals surface area (Å²) >= 11 is 0. The molecule has 0 saturated heterocycles. The number of aromatic nitrogens is 3. The standard InChI is InChI=1S/C19H19N5O3/c1-25-15-5-3-2-4-13(15)11-20-18-12-21-24-19(23-18)22-14-6-7-16-17(10-14)27-9-8-26-16/h2-7,10,12H,8-9,11H2,1H3,(H2,20,22,23,24). The van der Waals surface area contributed by atoms with Crippen LogP contribution in [0.3, 0.4) is 0 Å². The summed E-state index contributed by atoms with van der Waals surface area (Å²) in [6.07, 6.45) is 1.57. The SMILES string of the molecule is COc1ccccc1CNc1cnnc(Nc2ccc3c(c2)OCCO3)n1. The van der Waals surface area contributed by atoms with Crippen molar-refractivity contribution in [2.45, 2.75) is 6.54 Å². The molecule has 0 radical (unpaired) electrons. The van der Waals surface area contributed by atoms with Crippen LogP contribution in [0.25, 0.3) is 0 Å². The molecule has 2 aromatic carbocycles. The lowest BCUT2D eigenvalue weighted by Crippen LogP contribution is -2.15. The summed E-state index contributed by atoms with van der Waals surface area (Å²) in [6.45, 7) is 1.66. The van der Waals surface area contributed by atoms with Gasteiger partial charge in [0.1, 0.15) is 19.0 Å². The molecule has 27 heavy (non-hydrogen) atoms. The number of anilines is 3. The van der Waals surface area contributed by atoms with Gasteiger partial charge >= 0.3 is 0 Å². The predicted octanol–water partition coefficient (Wildman–Crippen LogP) is 3.01. The molecule has 0 bridgehead atoms. The Morgan fingerprint density at radius 3 is 2.81 bits per heavy atom. The maximum Gasteiger partial charge on any atom is 0.249 e. The number of ether oxygens (including phenoxy) is 3. The minimum atomic E-state index is 0.386. The quantitative estimate of drug-likeness (QED) is 0.689. The molecule has 1 aromatic heterocycles. The fourth-order valence-corrected chi connectivity index (χ4v) is 2.73. The summed E-state index contributed by atoms with van der Waals surface area (Å²) in [5.74, 6) is 3.25. The van der Waals surface area contributed by atoms with Crippen molar-refractivity contribution >= 4 is 17.5 Å². The first-order valence-electron chi connectivity index (χ1n) is 8.54. The van der Waals surface area contributed by atoms with Gasteiger partial charge in [-0.2, -0.15) is 10.1 Å². The van der Waals surface area contributed by atoms with Crippen molar-refractivity contribution in [3.63, 3.8) is 0 Å². The normalized spacial score (nSPS) is 12.3. The van der Waals surface area contributed by atoms with Gasteiger partial charge in [0.25, 0.3) is 0 Å². The van der Waals surface area contributed by atoms with Crippen LogP contribution in [0.1, 0.15) is 5.56 Å².